The summed E-state index contributed by atoms with van der Waals surface area (Å²) in [6, 6.07) is 3.16. The van der Waals surface area contributed by atoms with Crippen LogP contribution in [0.15, 0.2) is 47.5 Å². The molecule has 0 aliphatic carbocycles. The highest BCUT2D eigenvalue weighted by Crippen LogP contribution is 2.10. The molecule has 54 heavy (non-hydrogen) atoms. The number of aliphatic imine (C=N–C) groups is 1. The number of carboxylic acid groups (broad SMARTS) is 1. The zero-order chi connectivity index (χ0) is 39.6. The quantitative estimate of drug-likeness (QED) is 0.0343. The van der Waals surface area contributed by atoms with Crippen LogP contribution >= 0.6 is 0 Å². The number of rotatable bonds is 16. The van der Waals surface area contributed by atoms with Crippen molar-refractivity contribution >= 4 is 59.2 Å². The van der Waals surface area contributed by atoms with Gasteiger partial charge in [-0.25, -0.2) is 0 Å². The van der Waals surface area contributed by atoms with E-state index in [2.05, 4.69) is 36.9 Å². The lowest BCUT2D eigenvalue weighted by Gasteiger charge is -2.26. The Kier molecular flexibility index (Phi) is 16.6. The number of amides is 8. The molecule has 3 rings (SSSR count). The van der Waals surface area contributed by atoms with Crippen LogP contribution in [0.5, 0.6) is 0 Å². The Bertz CT molecular complexity index is 1610. The first kappa shape index (κ1) is 42.1. The van der Waals surface area contributed by atoms with Crippen LogP contribution in [0.1, 0.15) is 50.5 Å². The highest BCUT2D eigenvalue weighted by Gasteiger charge is 2.33. The predicted octanol–water partition coefficient (Wildman–Crippen LogP) is -3.57. The number of aliphatic carboxylic acids is 1. The minimum atomic E-state index is -1.61. The van der Waals surface area contributed by atoms with Crippen molar-refractivity contribution in [2.24, 2.45) is 16.5 Å². The molecule has 1 aromatic rings. The van der Waals surface area contributed by atoms with Crippen LogP contribution < -0.4 is 43.4 Å². The largest absolute Gasteiger partial charge is 0.481 e. The summed E-state index contributed by atoms with van der Waals surface area (Å²) in [7, 11) is 0. The zero-order valence-electron chi connectivity index (χ0n) is 29.5. The van der Waals surface area contributed by atoms with Gasteiger partial charge >= 0.3 is 5.97 Å². The number of unbranched alkanes of at least 4 members (excludes halogenated alkanes) is 1. The number of guanidine groups is 1. The average Bonchev–Trinajstić information content (AvgIpc) is 3.44. The Labute approximate surface area is 310 Å². The van der Waals surface area contributed by atoms with Crippen molar-refractivity contribution in [3.05, 3.63) is 48.0 Å². The van der Waals surface area contributed by atoms with Gasteiger partial charge in [0.15, 0.2) is 5.96 Å². The maximum absolute atomic E-state index is 13.8. The van der Waals surface area contributed by atoms with Gasteiger partial charge in [-0.05, 0) is 37.7 Å². The lowest BCUT2D eigenvalue weighted by Crippen LogP contribution is -2.58. The molecule has 1 fully saturated rings. The molecule has 20 nitrogen and oxygen atoms in total. The van der Waals surface area contributed by atoms with Crippen molar-refractivity contribution in [2.45, 2.75) is 75.5 Å². The van der Waals surface area contributed by atoms with E-state index in [4.69, 9.17) is 11.5 Å². The number of nitrogens with zero attached hydrogens (tertiary/aromatic N) is 2. The molecule has 8 amide bonds. The summed E-state index contributed by atoms with van der Waals surface area (Å²) in [6.45, 7) is -0.477. The minimum Gasteiger partial charge on any atom is -0.481 e. The highest BCUT2D eigenvalue weighted by atomic mass is 16.4. The van der Waals surface area contributed by atoms with Gasteiger partial charge in [0.1, 0.15) is 24.2 Å². The first-order valence-electron chi connectivity index (χ1n) is 17.3. The molecule has 2 aliphatic heterocycles. The summed E-state index contributed by atoms with van der Waals surface area (Å²) in [5, 5.41) is 24.6. The lowest BCUT2D eigenvalue weighted by atomic mass is 10.0. The molecule has 0 bridgehead atoms. The molecular formula is C34H46N10O10. The second kappa shape index (κ2) is 21.2. The molecule has 0 spiro atoms. The van der Waals surface area contributed by atoms with Gasteiger partial charge in [-0.15, -0.1) is 0 Å². The van der Waals surface area contributed by atoms with Crippen LogP contribution in [0.25, 0.3) is 0 Å². The topological polar surface area (TPSA) is 314 Å². The molecule has 11 N–H and O–H groups in total. The smallest absolute Gasteiger partial charge is 0.305 e. The van der Waals surface area contributed by atoms with Crippen molar-refractivity contribution in [3.63, 3.8) is 0 Å². The van der Waals surface area contributed by atoms with E-state index < -0.39 is 90.4 Å². The molecule has 292 valence electrons. The van der Waals surface area contributed by atoms with Crippen LogP contribution in [-0.4, -0.2) is 120 Å². The highest BCUT2D eigenvalue weighted by molar-refractivity contribution is 6.13. The SMILES string of the molecule is NC(N)=NCCC[C@@H]1NC(=O)[C@H](CCCCNC(=O)CCN2C(=O)C=CC2=O)NC(=O)[C@@H](Cc2ccccc2)NC(=O)[C@H](CC(=O)O)NC(=O)CNC1=O. The van der Waals surface area contributed by atoms with Crippen LogP contribution in [0, 0.1) is 0 Å². The maximum Gasteiger partial charge on any atom is 0.305 e. The minimum absolute atomic E-state index is 0.0195. The van der Waals surface area contributed by atoms with Gasteiger partial charge in [-0.1, -0.05) is 30.3 Å². The molecule has 0 unspecified atom stereocenters. The number of benzene rings is 1. The molecule has 2 aliphatic rings. The molecule has 0 radical (unpaired) electrons. The number of hydrogen-bond acceptors (Lipinski definition) is 10. The zero-order valence-corrected chi connectivity index (χ0v) is 29.5. The molecular weight excluding hydrogens is 708 g/mol. The van der Waals surface area contributed by atoms with Gasteiger partial charge < -0.3 is 48.5 Å². The van der Waals surface area contributed by atoms with Crippen LogP contribution in [0.3, 0.4) is 0 Å². The summed E-state index contributed by atoms with van der Waals surface area (Å²) in [6.07, 6.45) is 2.12. The van der Waals surface area contributed by atoms with Gasteiger partial charge in [0.25, 0.3) is 11.8 Å². The van der Waals surface area contributed by atoms with Crippen molar-refractivity contribution < 1.29 is 48.3 Å². The van der Waals surface area contributed by atoms with Gasteiger partial charge in [0, 0.05) is 44.6 Å². The lowest BCUT2D eigenvalue weighted by molar-refractivity contribution is -0.141. The second-order valence-electron chi connectivity index (χ2n) is 12.5. The van der Waals surface area contributed by atoms with E-state index in [9.17, 15) is 48.3 Å². The fraction of sp³-hybridized carbons (Fsp3) is 0.471. The molecule has 2 heterocycles. The third-order valence-corrected chi connectivity index (χ3v) is 8.29. The molecule has 1 saturated heterocycles. The van der Waals surface area contributed by atoms with Crippen LogP contribution in [0.4, 0.5) is 0 Å². The Hall–Kier alpha value is -6.34. The number of imide groups is 1. The van der Waals surface area contributed by atoms with E-state index in [1.165, 1.54) is 0 Å². The summed E-state index contributed by atoms with van der Waals surface area (Å²) in [5.74, 6) is -7.22. The van der Waals surface area contributed by atoms with Crippen molar-refractivity contribution in [1.29, 1.82) is 0 Å². The number of hydrogen-bond donors (Lipinski definition) is 9. The van der Waals surface area contributed by atoms with E-state index in [1.807, 2.05) is 0 Å². The summed E-state index contributed by atoms with van der Waals surface area (Å²) in [5.41, 5.74) is 11.4. The number of carbonyl (C=O) groups excluding carboxylic acids is 8. The third kappa shape index (κ3) is 14.4. The Balaban J connectivity index is 1.80. The molecule has 0 saturated carbocycles. The molecule has 0 aromatic heterocycles. The average molecular weight is 755 g/mol. The summed E-state index contributed by atoms with van der Waals surface area (Å²) < 4.78 is 0. The number of carbonyl (C=O) groups is 9. The fourth-order valence-corrected chi connectivity index (χ4v) is 5.49. The third-order valence-electron chi connectivity index (χ3n) is 8.29. The number of nitrogens with two attached hydrogens (primary N) is 2. The van der Waals surface area contributed by atoms with E-state index in [-0.39, 0.29) is 64.1 Å². The van der Waals surface area contributed by atoms with Crippen LogP contribution in [0.2, 0.25) is 0 Å². The van der Waals surface area contributed by atoms with Gasteiger partial charge in [0.2, 0.25) is 35.4 Å². The van der Waals surface area contributed by atoms with Crippen LogP contribution in [-0.2, 0) is 49.6 Å². The van der Waals surface area contributed by atoms with E-state index in [1.54, 1.807) is 30.3 Å². The van der Waals surface area contributed by atoms with Crippen molar-refractivity contribution in [3.8, 4) is 0 Å². The number of carboxylic acids is 1. The van der Waals surface area contributed by atoms with Crippen molar-refractivity contribution in [1.82, 2.24) is 36.8 Å². The standard InChI is InChI=1S/C34H46N10O10/c35-34(36)38-15-6-10-21-30(51)39-19-26(46)40-24(18-29(49)50)33(54)43-23(17-20-7-2-1-3-8-20)32(53)42-22(31(52)41-21)9-4-5-14-37-25(45)13-16-44-27(47)11-12-28(44)48/h1-3,7-8,11-12,21-24H,4-6,9-10,13-19H2,(H,37,45)(H,39,51)(H,40,46)(H,41,52)(H,42,53)(H,43,54)(H,49,50)(H4,35,36,38)/t21-,22-,23+,24-/m0/s1. The Morgan fingerprint density at radius 2 is 1.37 bits per heavy atom. The van der Waals surface area contributed by atoms with E-state index in [0.717, 1.165) is 17.1 Å². The fourth-order valence-electron chi connectivity index (χ4n) is 5.49. The first-order valence-corrected chi connectivity index (χ1v) is 17.3. The molecule has 1 aromatic carbocycles. The van der Waals surface area contributed by atoms with Gasteiger partial charge in [-0.2, -0.15) is 0 Å². The predicted molar refractivity (Wildman–Crippen MR) is 190 cm³/mol. The van der Waals surface area contributed by atoms with E-state index in [0.29, 0.717) is 12.0 Å². The Morgan fingerprint density at radius 3 is 2.02 bits per heavy atom. The Morgan fingerprint density at radius 1 is 0.778 bits per heavy atom. The summed E-state index contributed by atoms with van der Waals surface area (Å²) >= 11 is 0. The van der Waals surface area contributed by atoms with Gasteiger partial charge in [0.05, 0.1) is 13.0 Å². The normalized spacial score (nSPS) is 21.1. The summed E-state index contributed by atoms with van der Waals surface area (Å²) in [4.78, 5) is 119. The second-order valence-corrected chi connectivity index (χ2v) is 12.5. The first-order chi connectivity index (χ1) is 25.7. The van der Waals surface area contributed by atoms with E-state index >= 15 is 0 Å². The number of nitrogens with one attached hydrogen (secondary N) is 6. The maximum atomic E-state index is 13.8. The van der Waals surface area contributed by atoms with Gasteiger partial charge in [-0.3, -0.25) is 53.0 Å². The van der Waals surface area contributed by atoms with Crippen molar-refractivity contribution in [2.75, 3.05) is 26.2 Å². The molecule has 4 atom stereocenters. The monoisotopic (exact) mass is 754 g/mol. The molecule has 20 heteroatoms.